The highest BCUT2D eigenvalue weighted by Gasteiger charge is 2.06. The lowest BCUT2D eigenvalue weighted by atomic mass is 10.1. The molecule has 0 aliphatic rings. The fraction of sp³-hybridized carbons (Fsp3) is 1.00. The van der Waals surface area contributed by atoms with Crippen LogP contribution in [0.4, 0.5) is 0 Å². The first-order valence-electron chi connectivity index (χ1n) is 9.32. The SMILES string of the molecule is CCCCCCCCCCCCCCC.NC(CO)C(O)O. The Morgan fingerprint density at radius 2 is 0.909 bits per heavy atom. The van der Waals surface area contributed by atoms with Crippen LogP contribution in [0.2, 0.25) is 0 Å². The van der Waals surface area contributed by atoms with E-state index in [1.807, 2.05) is 0 Å². The van der Waals surface area contributed by atoms with E-state index in [-0.39, 0.29) is 0 Å². The Kier molecular flexibility index (Phi) is 22.8. The monoisotopic (exact) mass is 319 g/mol. The second kappa shape index (κ2) is 20.8. The van der Waals surface area contributed by atoms with Gasteiger partial charge in [-0.1, -0.05) is 97.3 Å². The summed E-state index contributed by atoms with van der Waals surface area (Å²) in [6, 6.07) is -0.931. The van der Waals surface area contributed by atoms with Crippen molar-refractivity contribution >= 4 is 0 Å². The third-order valence-electron chi connectivity index (χ3n) is 3.80. The molecule has 22 heavy (non-hydrogen) atoms. The molecular weight excluding hydrogens is 278 g/mol. The Balaban J connectivity index is 0. The molecule has 0 saturated carbocycles. The molecule has 0 amide bonds. The van der Waals surface area contributed by atoms with Crippen molar-refractivity contribution in [2.45, 2.75) is 110 Å². The van der Waals surface area contributed by atoms with Gasteiger partial charge in [-0.25, -0.2) is 0 Å². The smallest absolute Gasteiger partial charge is 0.169 e. The Hall–Kier alpha value is -0.160. The van der Waals surface area contributed by atoms with Crippen LogP contribution < -0.4 is 5.73 Å². The zero-order valence-electron chi connectivity index (χ0n) is 15.0. The van der Waals surface area contributed by atoms with Crippen molar-refractivity contribution in [3.63, 3.8) is 0 Å². The van der Waals surface area contributed by atoms with Gasteiger partial charge in [-0.2, -0.15) is 0 Å². The highest BCUT2D eigenvalue weighted by atomic mass is 16.5. The molecule has 1 atom stereocenters. The minimum Gasteiger partial charge on any atom is -0.395 e. The van der Waals surface area contributed by atoms with Gasteiger partial charge in [0.15, 0.2) is 6.29 Å². The van der Waals surface area contributed by atoms with E-state index >= 15 is 0 Å². The maximum absolute atomic E-state index is 8.09. The van der Waals surface area contributed by atoms with E-state index in [0.717, 1.165) is 0 Å². The molecule has 0 spiro atoms. The van der Waals surface area contributed by atoms with Crippen LogP contribution in [0.5, 0.6) is 0 Å². The van der Waals surface area contributed by atoms with Crippen LogP contribution in [0, 0.1) is 0 Å². The highest BCUT2D eigenvalue weighted by molar-refractivity contribution is 4.58. The van der Waals surface area contributed by atoms with Crippen molar-refractivity contribution < 1.29 is 15.3 Å². The standard InChI is InChI=1S/C15H32.C3H9NO3/c1-3-5-7-9-11-13-15-14-12-10-8-6-4-2;4-2(1-5)3(6)7/h3-15H2,1-2H3;2-3,5-7H,1,4H2. The molecule has 0 aliphatic carbocycles. The van der Waals surface area contributed by atoms with Crippen molar-refractivity contribution in [3.8, 4) is 0 Å². The number of nitrogens with two attached hydrogens (primary N) is 1. The molecule has 0 aromatic heterocycles. The Bertz CT molecular complexity index is 177. The van der Waals surface area contributed by atoms with Gasteiger partial charge in [0.1, 0.15) is 0 Å². The first-order valence-corrected chi connectivity index (χ1v) is 9.32. The van der Waals surface area contributed by atoms with Gasteiger partial charge in [-0.3, -0.25) is 0 Å². The number of unbranched alkanes of at least 4 members (excludes halogenated alkanes) is 12. The lowest BCUT2D eigenvalue weighted by Gasteiger charge is -2.07. The molecule has 0 saturated heterocycles. The van der Waals surface area contributed by atoms with Crippen LogP contribution in [-0.2, 0) is 0 Å². The van der Waals surface area contributed by atoms with Crippen LogP contribution in [0.15, 0.2) is 0 Å². The van der Waals surface area contributed by atoms with Crippen molar-refractivity contribution in [3.05, 3.63) is 0 Å². The van der Waals surface area contributed by atoms with Crippen molar-refractivity contribution in [1.82, 2.24) is 0 Å². The molecule has 0 aliphatic heterocycles. The van der Waals surface area contributed by atoms with Crippen molar-refractivity contribution in [1.29, 1.82) is 0 Å². The Labute approximate surface area is 138 Å². The maximum atomic E-state index is 8.09. The van der Waals surface area contributed by atoms with Gasteiger partial charge in [-0.15, -0.1) is 0 Å². The van der Waals surface area contributed by atoms with Crippen molar-refractivity contribution in [2.75, 3.05) is 6.61 Å². The number of hydrogen-bond acceptors (Lipinski definition) is 4. The van der Waals surface area contributed by atoms with Crippen molar-refractivity contribution in [2.24, 2.45) is 5.73 Å². The van der Waals surface area contributed by atoms with E-state index in [4.69, 9.17) is 21.1 Å². The van der Waals surface area contributed by atoms with Gasteiger partial charge >= 0.3 is 0 Å². The number of aliphatic hydroxyl groups excluding tert-OH is 2. The normalized spacial score (nSPS) is 12.1. The number of aliphatic hydroxyl groups is 3. The van der Waals surface area contributed by atoms with Gasteiger partial charge in [0.2, 0.25) is 0 Å². The van der Waals surface area contributed by atoms with E-state index in [2.05, 4.69) is 13.8 Å². The van der Waals surface area contributed by atoms with E-state index < -0.39 is 18.9 Å². The van der Waals surface area contributed by atoms with E-state index in [1.54, 1.807) is 0 Å². The van der Waals surface area contributed by atoms with E-state index in [1.165, 1.54) is 83.5 Å². The average Bonchev–Trinajstić information content (AvgIpc) is 2.52. The van der Waals surface area contributed by atoms with Gasteiger partial charge < -0.3 is 21.1 Å². The minimum atomic E-state index is -1.61. The maximum Gasteiger partial charge on any atom is 0.169 e. The summed E-state index contributed by atoms with van der Waals surface area (Å²) >= 11 is 0. The minimum absolute atomic E-state index is 0.405. The fourth-order valence-corrected chi connectivity index (χ4v) is 2.19. The summed E-state index contributed by atoms with van der Waals surface area (Å²) in [5.74, 6) is 0. The molecule has 0 rings (SSSR count). The molecule has 136 valence electrons. The van der Waals surface area contributed by atoms with Gasteiger partial charge in [-0.05, 0) is 0 Å². The lowest BCUT2D eigenvalue weighted by Crippen LogP contribution is -2.37. The first kappa shape index (κ1) is 24.1. The fourth-order valence-electron chi connectivity index (χ4n) is 2.19. The van der Waals surface area contributed by atoms with Crippen LogP contribution in [0.3, 0.4) is 0 Å². The molecule has 0 radical (unpaired) electrons. The second-order valence-corrected chi connectivity index (χ2v) is 6.15. The average molecular weight is 320 g/mol. The summed E-state index contributed by atoms with van der Waals surface area (Å²) in [5.41, 5.74) is 4.87. The number of rotatable bonds is 14. The third-order valence-corrected chi connectivity index (χ3v) is 3.80. The van der Waals surface area contributed by atoms with E-state index in [9.17, 15) is 0 Å². The van der Waals surface area contributed by atoms with E-state index in [0.29, 0.717) is 0 Å². The second-order valence-electron chi connectivity index (χ2n) is 6.15. The molecule has 0 aromatic carbocycles. The molecule has 5 N–H and O–H groups in total. The lowest BCUT2D eigenvalue weighted by molar-refractivity contribution is -0.0680. The molecule has 0 aromatic rings. The zero-order chi connectivity index (χ0) is 17.1. The zero-order valence-corrected chi connectivity index (χ0v) is 15.0. The summed E-state index contributed by atoms with van der Waals surface area (Å²) in [4.78, 5) is 0. The predicted molar refractivity (Wildman–Crippen MR) is 94.7 cm³/mol. The molecular formula is C18H41NO3. The molecule has 0 heterocycles. The molecule has 1 unspecified atom stereocenters. The van der Waals surface area contributed by atoms with Crippen LogP contribution >= 0.6 is 0 Å². The Morgan fingerprint density at radius 3 is 1.05 bits per heavy atom. The molecule has 4 heteroatoms. The third kappa shape index (κ3) is 22.1. The first-order chi connectivity index (χ1) is 10.6. The predicted octanol–water partition coefficient (Wildman–Crippen LogP) is 3.71. The highest BCUT2D eigenvalue weighted by Crippen LogP contribution is 2.12. The quantitative estimate of drug-likeness (QED) is 0.290. The number of hydrogen-bond donors (Lipinski definition) is 4. The summed E-state index contributed by atoms with van der Waals surface area (Å²) in [5, 5.41) is 24.2. The summed E-state index contributed by atoms with van der Waals surface area (Å²) in [6.07, 6.45) is 17.3. The van der Waals surface area contributed by atoms with Crippen LogP contribution in [0.1, 0.15) is 97.3 Å². The summed E-state index contributed by atoms with van der Waals surface area (Å²) in [6.45, 7) is 4.17. The van der Waals surface area contributed by atoms with Crippen LogP contribution in [-0.4, -0.2) is 34.3 Å². The molecule has 0 fully saturated rings. The largest absolute Gasteiger partial charge is 0.395 e. The Morgan fingerprint density at radius 1 is 0.636 bits per heavy atom. The van der Waals surface area contributed by atoms with Gasteiger partial charge in [0.25, 0.3) is 0 Å². The summed E-state index contributed by atoms with van der Waals surface area (Å²) < 4.78 is 0. The van der Waals surface area contributed by atoms with Gasteiger partial charge in [0, 0.05) is 0 Å². The van der Waals surface area contributed by atoms with Crippen LogP contribution in [0.25, 0.3) is 0 Å². The topological polar surface area (TPSA) is 86.7 Å². The summed E-state index contributed by atoms with van der Waals surface area (Å²) in [7, 11) is 0. The molecule has 4 nitrogen and oxygen atoms in total. The van der Waals surface area contributed by atoms with Gasteiger partial charge in [0.05, 0.1) is 12.6 Å². The molecule has 0 bridgehead atoms.